The van der Waals surface area contributed by atoms with Crippen LogP contribution in [0.4, 0.5) is 0 Å². The summed E-state index contributed by atoms with van der Waals surface area (Å²) >= 11 is 4.03. The molecule has 0 saturated carbocycles. The minimum Gasteiger partial charge on any atom is -0.150 e. The van der Waals surface area contributed by atoms with Crippen molar-refractivity contribution in [3.63, 3.8) is 0 Å². The van der Waals surface area contributed by atoms with E-state index >= 15 is 0 Å². The first-order valence-corrected chi connectivity index (χ1v) is 7.87. The van der Waals surface area contributed by atoms with E-state index in [0.717, 1.165) is 5.75 Å². The molecule has 0 fully saturated rings. The molecule has 0 amide bonds. The molecule has 0 radical (unpaired) electrons. The molecule has 0 saturated heterocycles. The van der Waals surface area contributed by atoms with E-state index in [1.54, 1.807) is 5.57 Å². The largest absolute Gasteiger partial charge is 0.150 e. The summed E-state index contributed by atoms with van der Waals surface area (Å²) in [5, 5.41) is 0.593. The molecule has 1 aliphatic carbocycles. The maximum absolute atomic E-state index is 2.30. The molecule has 0 aliphatic heterocycles. The Morgan fingerprint density at radius 2 is 1.88 bits per heavy atom. The first-order valence-electron chi connectivity index (χ1n) is 5.84. The maximum atomic E-state index is 2.30. The second-order valence-corrected chi connectivity index (χ2v) is 6.52. The fourth-order valence-corrected chi connectivity index (χ4v) is 4.35. The Bertz CT molecular complexity index is 407. The van der Waals surface area contributed by atoms with Crippen molar-refractivity contribution < 1.29 is 0 Å². The summed E-state index contributed by atoms with van der Waals surface area (Å²) in [5.74, 6) is 2.34. The lowest BCUT2D eigenvalue weighted by Gasteiger charge is -2.11. The van der Waals surface area contributed by atoms with Crippen LogP contribution in [-0.4, -0.2) is 11.5 Å². The van der Waals surface area contributed by atoms with Gasteiger partial charge < -0.3 is 0 Å². The van der Waals surface area contributed by atoms with Crippen molar-refractivity contribution >= 4 is 28.4 Å². The zero-order valence-corrected chi connectivity index (χ0v) is 11.8. The quantitative estimate of drug-likeness (QED) is 0.739. The molecule has 16 heavy (non-hydrogen) atoms. The minimum atomic E-state index is 0.593. The van der Waals surface area contributed by atoms with Crippen LogP contribution in [0.2, 0.25) is 0 Å². The van der Waals surface area contributed by atoms with Crippen molar-refractivity contribution in [2.24, 2.45) is 0 Å². The summed E-state index contributed by atoms with van der Waals surface area (Å²) < 4.78 is 0. The third-order valence-corrected chi connectivity index (χ3v) is 5.25. The molecule has 86 valence electrons. The number of rotatable bonds is 4. The van der Waals surface area contributed by atoms with Gasteiger partial charge in [0.15, 0.2) is 0 Å². The molecule has 0 spiro atoms. The molecular weight excluding hydrogens is 232 g/mol. The first kappa shape index (κ1) is 12.1. The molecule has 0 aromatic heterocycles. The Hall–Kier alpha value is -0.340. The number of thioether (sulfide) groups is 2. The zero-order valence-electron chi connectivity index (χ0n) is 10.1. The molecule has 2 heteroatoms. The molecule has 0 nitrogen and oxygen atoms in total. The SMILES string of the molecule is CCSC1=C(C)C(SCC)c2ccccc21. The Morgan fingerprint density at radius 3 is 2.56 bits per heavy atom. The van der Waals surface area contributed by atoms with Crippen LogP contribution in [0.5, 0.6) is 0 Å². The van der Waals surface area contributed by atoms with Crippen molar-refractivity contribution in [3.05, 3.63) is 41.0 Å². The van der Waals surface area contributed by atoms with Crippen LogP contribution in [0, 0.1) is 0 Å². The van der Waals surface area contributed by atoms with Gasteiger partial charge in [-0.2, -0.15) is 0 Å². The van der Waals surface area contributed by atoms with Gasteiger partial charge >= 0.3 is 0 Å². The number of hydrogen-bond donors (Lipinski definition) is 0. The van der Waals surface area contributed by atoms with Gasteiger partial charge in [-0.15, -0.1) is 23.5 Å². The lowest BCUT2D eigenvalue weighted by atomic mass is 10.1. The molecule has 1 aromatic carbocycles. The van der Waals surface area contributed by atoms with Gasteiger partial charge in [-0.1, -0.05) is 38.1 Å². The second kappa shape index (κ2) is 5.33. The van der Waals surface area contributed by atoms with Crippen LogP contribution in [-0.2, 0) is 0 Å². The molecule has 0 bridgehead atoms. The topological polar surface area (TPSA) is 0 Å². The standard InChI is InChI=1S/C14H18S2/c1-4-15-13-10(3)14(16-5-2)12-9-7-6-8-11(12)13/h6-9,13H,4-5H2,1-3H3. The van der Waals surface area contributed by atoms with Crippen molar-refractivity contribution in [2.75, 3.05) is 11.5 Å². The van der Waals surface area contributed by atoms with Gasteiger partial charge in [0.25, 0.3) is 0 Å². The smallest absolute Gasteiger partial charge is 0.0524 e. The normalized spacial score (nSPS) is 19.1. The van der Waals surface area contributed by atoms with Gasteiger partial charge in [0.2, 0.25) is 0 Å². The predicted octanol–water partition coefficient (Wildman–Crippen LogP) is 4.98. The molecule has 2 rings (SSSR count). The van der Waals surface area contributed by atoms with Crippen molar-refractivity contribution in [1.29, 1.82) is 0 Å². The summed E-state index contributed by atoms with van der Waals surface area (Å²) in [6.45, 7) is 6.77. The van der Waals surface area contributed by atoms with E-state index in [2.05, 4.69) is 45.0 Å². The van der Waals surface area contributed by atoms with E-state index in [0.29, 0.717) is 5.25 Å². The molecule has 1 aliphatic rings. The average Bonchev–Trinajstić information content (AvgIpc) is 2.56. The van der Waals surface area contributed by atoms with Crippen LogP contribution in [0.1, 0.15) is 37.1 Å². The summed E-state index contributed by atoms with van der Waals surface area (Å²) in [6.07, 6.45) is 0. The molecule has 1 unspecified atom stereocenters. The summed E-state index contributed by atoms with van der Waals surface area (Å²) in [5.41, 5.74) is 4.54. The monoisotopic (exact) mass is 250 g/mol. The zero-order chi connectivity index (χ0) is 11.5. The van der Waals surface area contributed by atoms with E-state index in [1.807, 2.05) is 23.5 Å². The highest BCUT2D eigenvalue weighted by atomic mass is 32.2. The van der Waals surface area contributed by atoms with Crippen LogP contribution < -0.4 is 0 Å². The number of fused-ring (bicyclic) bond motifs is 1. The van der Waals surface area contributed by atoms with Crippen LogP contribution in [0.15, 0.2) is 29.8 Å². The Kier molecular flexibility index (Phi) is 4.04. The van der Waals surface area contributed by atoms with Gasteiger partial charge in [0, 0.05) is 4.91 Å². The molecular formula is C14H18S2. The van der Waals surface area contributed by atoms with Gasteiger partial charge in [0.1, 0.15) is 0 Å². The van der Waals surface area contributed by atoms with Gasteiger partial charge in [-0.05, 0) is 35.1 Å². The van der Waals surface area contributed by atoms with Crippen LogP contribution in [0.3, 0.4) is 0 Å². The predicted molar refractivity (Wildman–Crippen MR) is 78.0 cm³/mol. The molecule has 1 atom stereocenters. The van der Waals surface area contributed by atoms with E-state index in [1.165, 1.54) is 21.8 Å². The van der Waals surface area contributed by atoms with Gasteiger partial charge in [-0.3, -0.25) is 0 Å². The summed E-state index contributed by atoms with van der Waals surface area (Å²) in [7, 11) is 0. The lowest BCUT2D eigenvalue weighted by molar-refractivity contribution is 1.15. The lowest BCUT2D eigenvalue weighted by Crippen LogP contribution is -1.91. The summed E-state index contributed by atoms with van der Waals surface area (Å²) in [4.78, 5) is 1.52. The molecule has 1 aromatic rings. The van der Waals surface area contributed by atoms with Gasteiger partial charge in [0.05, 0.1) is 5.25 Å². The second-order valence-electron chi connectivity index (χ2n) is 3.87. The highest BCUT2D eigenvalue weighted by Crippen LogP contribution is 2.51. The number of hydrogen-bond acceptors (Lipinski definition) is 2. The van der Waals surface area contributed by atoms with E-state index in [4.69, 9.17) is 0 Å². The van der Waals surface area contributed by atoms with Crippen molar-refractivity contribution in [1.82, 2.24) is 0 Å². The van der Waals surface area contributed by atoms with Gasteiger partial charge in [-0.25, -0.2) is 0 Å². The average molecular weight is 250 g/mol. The maximum Gasteiger partial charge on any atom is 0.0524 e. The highest BCUT2D eigenvalue weighted by Gasteiger charge is 2.27. The summed E-state index contributed by atoms with van der Waals surface area (Å²) in [6, 6.07) is 8.87. The van der Waals surface area contributed by atoms with E-state index in [-0.39, 0.29) is 0 Å². The van der Waals surface area contributed by atoms with Crippen molar-refractivity contribution in [3.8, 4) is 0 Å². The molecule has 0 heterocycles. The molecule has 0 N–H and O–H groups in total. The Balaban J connectivity index is 2.42. The fourth-order valence-electron chi connectivity index (χ4n) is 2.21. The Morgan fingerprint density at radius 1 is 1.12 bits per heavy atom. The van der Waals surface area contributed by atoms with Crippen LogP contribution in [0.25, 0.3) is 4.91 Å². The highest BCUT2D eigenvalue weighted by molar-refractivity contribution is 8.08. The van der Waals surface area contributed by atoms with E-state index < -0.39 is 0 Å². The van der Waals surface area contributed by atoms with Crippen molar-refractivity contribution in [2.45, 2.75) is 26.0 Å². The Labute approximate surface area is 107 Å². The fraction of sp³-hybridized carbons (Fsp3) is 0.429. The van der Waals surface area contributed by atoms with E-state index in [9.17, 15) is 0 Å². The minimum absolute atomic E-state index is 0.593. The number of benzene rings is 1. The van der Waals surface area contributed by atoms with Crippen LogP contribution >= 0.6 is 23.5 Å². The third-order valence-electron chi connectivity index (χ3n) is 2.86. The first-order chi connectivity index (χ1) is 7.79. The third kappa shape index (κ3) is 2.05.